The standard InChI is InChI=1S/C16H25ClFN/c1-3-5-6-7-8-16(19-11-4-2)14-12-13(18)9-10-15(14)17/h9-10,12,16,19H,3-8,11H2,1-2H3. The van der Waals surface area contributed by atoms with Gasteiger partial charge in [0.05, 0.1) is 0 Å². The molecule has 0 spiro atoms. The summed E-state index contributed by atoms with van der Waals surface area (Å²) in [5, 5.41) is 4.14. The number of rotatable bonds is 9. The fourth-order valence-electron chi connectivity index (χ4n) is 2.24. The molecular weight excluding hydrogens is 261 g/mol. The molecule has 19 heavy (non-hydrogen) atoms. The van der Waals surface area contributed by atoms with Crippen LogP contribution in [0.5, 0.6) is 0 Å². The van der Waals surface area contributed by atoms with E-state index in [4.69, 9.17) is 11.6 Å². The molecule has 0 aliphatic heterocycles. The van der Waals surface area contributed by atoms with Crippen LogP contribution in [0.25, 0.3) is 0 Å². The highest BCUT2D eigenvalue weighted by Crippen LogP contribution is 2.27. The first kappa shape index (κ1) is 16.5. The van der Waals surface area contributed by atoms with Crippen LogP contribution in [0.1, 0.15) is 64.0 Å². The van der Waals surface area contributed by atoms with Crippen LogP contribution >= 0.6 is 11.6 Å². The van der Waals surface area contributed by atoms with E-state index in [0.717, 1.165) is 31.4 Å². The first-order chi connectivity index (χ1) is 9.19. The van der Waals surface area contributed by atoms with Gasteiger partial charge < -0.3 is 5.32 Å². The monoisotopic (exact) mass is 285 g/mol. The van der Waals surface area contributed by atoms with Gasteiger partial charge in [0.25, 0.3) is 0 Å². The van der Waals surface area contributed by atoms with Crippen LogP contribution in [0.2, 0.25) is 5.02 Å². The van der Waals surface area contributed by atoms with Gasteiger partial charge in [-0.05, 0) is 43.1 Å². The second-order valence-electron chi connectivity index (χ2n) is 5.02. The molecule has 0 amide bonds. The predicted octanol–water partition coefficient (Wildman–Crippen LogP) is 5.49. The van der Waals surface area contributed by atoms with Crippen LogP contribution in [0, 0.1) is 5.82 Å². The van der Waals surface area contributed by atoms with Crippen molar-refractivity contribution in [3.8, 4) is 0 Å². The SMILES string of the molecule is CCCCCCC(NCCC)c1cc(F)ccc1Cl. The lowest BCUT2D eigenvalue weighted by Gasteiger charge is -2.20. The lowest BCUT2D eigenvalue weighted by molar-refractivity contribution is 0.468. The lowest BCUT2D eigenvalue weighted by Crippen LogP contribution is -2.22. The van der Waals surface area contributed by atoms with Crippen molar-refractivity contribution >= 4 is 11.6 Å². The summed E-state index contributed by atoms with van der Waals surface area (Å²) in [4.78, 5) is 0. The molecule has 0 radical (unpaired) electrons. The number of hydrogen-bond acceptors (Lipinski definition) is 1. The highest BCUT2D eigenvalue weighted by Gasteiger charge is 2.14. The summed E-state index contributed by atoms with van der Waals surface area (Å²) < 4.78 is 13.4. The first-order valence-electron chi connectivity index (χ1n) is 7.37. The maximum atomic E-state index is 13.4. The van der Waals surface area contributed by atoms with E-state index in [0.29, 0.717) is 5.02 Å². The third-order valence-corrected chi connectivity index (χ3v) is 3.66. The highest BCUT2D eigenvalue weighted by atomic mass is 35.5. The molecule has 0 bridgehead atoms. The molecule has 1 aromatic carbocycles. The van der Waals surface area contributed by atoms with E-state index >= 15 is 0 Å². The molecule has 1 atom stereocenters. The normalized spacial score (nSPS) is 12.6. The number of unbranched alkanes of at least 4 members (excludes halogenated alkanes) is 3. The van der Waals surface area contributed by atoms with Gasteiger partial charge in [0.1, 0.15) is 5.82 Å². The fraction of sp³-hybridized carbons (Fsp3) is 0.625. The van der Waals surface area contributed by atoms with Crippen molar-refractivity contribution in [3.05, 3.63) is 34.6 Å². The molecule has 1 unspecified atom stereocenters. The van der Waals surface area contributed by atoms with Gasteiger partial charge in [0.2, 0.25) is 0 Å². The molecule has 0 aliphatic carbocycles. The summed E-state index contributed by atoms with van der Waals surface area (Å²) in [6.07, 6.45) is 6.96. The summed E-state index contributed by atoms with van der Waals surface area (Å²) in [5.41, 5.74) is 0.895. The van der Waals surface area contributed by atoms with E-state index in [-0.39, 0.29) is 11.9 Å². The minimum Gasteiger partial charge on any atom is -0.310 e. The van der Waals surface area contributed by atoms with Crippen LogP contribution in [0.4, 0.5) is 4.39 Å². The molecule has 0 saturated heterocycles. The summed E-state index contributed by atoms with van der Waals surface area (Å²) >= 11 is 6.20. The van der Waals surface area contributed by atoms with Crippen LogP contribution in [-0.2, 0) is 0 Å². The maximum Gasteiger partial charge on any atom is 0.123 e. The summed E-state index contributed by atoms with van der Waals surface area (Å²) in [7, 11) is 0. The van der Waals surface area contributed by atoms with E-state index in [2.05, 4.69) is 19.2 Å². The molecule has 0 aromatic heterocycles. The Morgan fingerprint density at radius 2 is 1.95 bits per heavy atom. The van der Waals surface area contributed by atoms with Gasteiger partial charge >= 0.3 is 0 Å². The predicted molar refractivity (Wildman–Crippen MR) is 81.2 cm³/mol. The molecule has 1 aromatic rings. The lowest BCUT2D eigenvalue weighted by atomic mass is 9.99. The van der Waals surface area contributed by atoms with E-state index in [9.17, 15) is 4.39 Å². The fourth-order valence-corrected chi connectivity index (χ4v) is 2.49. The Labute approximate surface area is 121 Å². The Morgan fingerprint density at radius 1 is 1.16 bits per heavy atom. The molecule has 0 fully saturated rings. The number of halogens is 2. The maximum absolute atomic E-state index is 13.4. The van der Waals surface area contributed by atoms with Crippen LogP contribution in [-0.4, -0.2) is 6.54 Å². The summed E-state index contributed by atoms with van der Waals surface area (Å²) in [6.45, 7) is 5.27. The van der Waals surface area contributed by atoms with Gasteiger partial charge in [-0.3, -0.25) is 0 Å². The quantitative estimate of drug-likeness (QED) is 0.592. The summed E-state index contributed by atoms with van der Waals surface area (Å²) in [5.74, 6) is -0.212. The zero-order chi connectivity index (χ0) is 14.1. The third kappa shape index (κ3) is 5.92. The van der Waals surface area contributed by atoms with E-state index in [1.807, 2.05) is 0 Å². The minimum atomic E-state index is -0.212. The van der Waals surface area contributed by atoms with Crippen molar-refractivity contribution in [2.75, 3.05) is 6.54 Å². The Bertz CT molecular complexity index is 368. The average Bonchev–Trinajstić information content (AvgIpc) is 2.41. The van der Waals surface area contributed by atoms with Crippen LogP contribution in [0.15, 0.2) is 18.2 Å². The average molecular weight is 286 g/mol. The summed E-state index contributed by atoms with van der Waals surface area (Å²) in [6, 6.07) is 4.80. The Hall–Kier alpha value is -0.600. The van der Waals surface area contributed by atoms with Gasteiger partial charge in [-0.15, -0.1) is 0 Å². The van der Waals surface area contributed by atoms with Crippen molar-refractivity contribution in [2.45, 2.75) is 58.4 Å². The van der Waals surface area contributed by atoms with Crippen molar-refractivity contribution in [1.29, 1.82) is 0 Å². The number of hydrogen-bond donors (Lipinski definition) is 1. The number of nitrogens with one attached hydrogen (secondary N) is 1. The van der Waals surface area contributed by atoms with Crippen molar-refractivity contribution in [3.63, 3.8) is 0 Å². The van der Waals surface area contributed by atoms with E-state index in [1.54, 1.807) is 12.1 Å². The van der Waals surface area contributed by atoms with Crippen LogP contribution < -0.4 is 5.32 Å². The Balaban J connectivity index is 2.68. The second-order valence-corrected chi connectivity index (χ2v) is 5.43. The zero-order valence-corrected chi connectivity index (χ0v) is 12.8. The molecule has 0 aliphatic rings. The molecule has 1 N–H and O–H groups in total. The number of benzene rings is 1. The third-order valence-electron chi connectivity index (χ3n) is 3.32. The molecule has 108 valence electrons. The van der Waals surface area contributed by atoms with Gasteiger partial charge in [-0.25, -0.2) is 4.39 Å². The highest BCUT2D eigenvalue weighted by molar-refractivity contribution is 6.31. The van der Waals surface area contributed by atoms with Crippen LogP contribution in [0.3, 0.4) is 0 Å². The van der Waals surface area contributed by atoms with Crippen molar-refractivity contribution < 1.29 is 4.39 Å². The Kier molecular flexibility index (Phi) is 8.08. The molecule has 1 rings (SSSR count). The van der Waals surface area contributed by atoms with E-state index < -0.39 is 0 Å². The van der Waals surface area contributed by atoms with Gasteiger partial charge in [0, 0.05) is 11.1 Å². The smallest absolute Gasteiger partial charge is 0.123 e. The topological polar surface area (TPSA) is 12.0 Å². The molecule has 0 heterocycles. The van der Waals surface area contributed by atoms with Gasteiger partial charge in [0.15, 0.2) is 0 Å². The van der Waals surface area contributed by atoms with Crippen molar-refractivity contribution in [2.24, 2.45) is 0 Å². The molecule has 3 heteroatoms. The second kappa shape index (κ2) is 9.33. The largest absolute Gasteiger partial charge is 0.310 e. The van der Waals surface area contributed by atoms with E-state index in [1.165, 1.54) is 25.3 Å². The van der Waals surface area contributed by atoms with Crippen molar-refractivity contribution in [1.82, 2.24) is 5.32 Å². The first-order valence-corrected chi connectivity index (χ1v) is 7.75. The minimum absolute atomic E-state index is 0.167. The van der Waals surface area contributed by atoms with Gasteiger partial charge in [-0.1, -0.05) is 51.1 Å². The molecule has 1 nitrogen and oxygen atoms in total. The zero-order valence-electron chi connectivity index (χ0n) is 12.0. The van der Waals surface area contributed by atoms with Gasteiger partial charge in [-0.2, -0.15) is 0 Å². The molecular formula is C16H25ClFN. The Morgan fingerprint density at radius 3 is 2.63 bits per heavy atom. The molecule has 0 saturated carbocycles.